The first kappa shape index (κ1) is 19.5. The highest BCUT2D eigenvalue weighted by atomic mass is 19.2. The first-order valence-electron chi connectivity index (χ1n) is 8.48. The summed E-state index contributed by atoms with van der Waals surface area (Å²) < 4.78 is 50.8. The third-order valence-corrected chi connectivity index (χ3v) is 4.12. The maximum absolute atomic E-state index is 13.7. The van der Waals surface area contributed by atoms with Crippen molar-refractivity contribution >= 4 is 17.5 Å². The average molecular weight is 394 g/mol. The number of fused-ring (bicyclic) bond motifs is 1. The van der Waals surface area contributed by atoms with Crippen LogP contribution in [0.25, 0.3) is 0 Å². The number of nitrogens with one attached hydrogen (secondary N) is 1. The van der Waals surface area contributed by atoms with Crippen molar-refractivity contribution in [2.24, 2.45) is 0 Å². The molecule has 148 valence electrons. The molecule has 0 aliphatic carbocycles. The molecule has 0 saturated heterocycles. The van der Waals surface area contributed by atoms with E-state index < -0.39 is 28.9 Å². The molecule has 3 rings (SSSR count). The molecule has 0 radical (unpaired) electrons. The van der Waals surface area contributed by atoms with Gasteiger partial charge in [0.1, 0.15) is 13.2 Å². The van der Waals surface area contributed by atoms with Crippen LogP contribution in [0.4, 0.5) is 18.9 Å². The fraction of sp³-hybridized carbons (Fsp3) is 0.263. The second-order valence-electron chi connectivity index (χ2n) is 5.98. The van der Waals surface area contributed by atoms with Gasteiger partial charge in [0.15, 0.2) is 29.0 Å². The lowest BCUT2D eigenvalue weighted by Gasteiger charge is -2.24. The van der Waals surface area contributed by atoms with Crippen LogP contribution < -0.4 is 19.7 Å². The Balaban J connectivity index is 1.67. The quantitative estimate of drug-likeness (QED) is 0.792. The Hall–Kier alpha value is -3.23. The summed E-state index contributed by atoms with van der Waals surface area (Å²) in [6.07, 6.45) is 0. The molecule has 0 fully saturated rings. The number of benzene rings is 2. The highest BCUT2D eigenvalue weighted by Crippen LogP contribution is 2.34. The number of amides is 2. The summed E-state index contributed by atoms with van der Waals surface area (Å²) in [5.41, 5.74) is -0.0855. The number of rotatable bonds is 5. The van der Waals surface area contributed by atoms with E-state index in [1.165, 1.54) is 11.8 Å². The molecular formula is C19H17F3N2O4. The van der Waals surface area contributed by atoms with Gasteiger partial charge in [0, 0.05) is 31.8 Å². The number of nitrogens with zero attached hydrogens (tertiary/aromatic N) is 1. The summed E-state index contributed by atoms with van der Waals surface area (Å²) >= 11 is 0. The van der Waals surface area contributed by atoms with E-state index in [1.54, 1.807) is 18.2 Å². The lowest BCUT2D eigenvalue weighted by molar-refractivity contribution is -0.116. The Labute approximate surface area is 158 Å². The van der Waals surface area contributed by atoms with Crippen LogP contribution in [-0.4, -0.2) is 38.1 Å². The van der Waals surface area contributed by atoms with Crippen molar-refractivity contribution < 1.29 is 32.2 Å². The second-order valence-corrected chi connectivity index (χ2v) is 5.98. The lowest BCUT2D eigenvalue weighted by Crippen LogP contribution is -2.38. The van der Waals surface area contributed by atoms with Crippen LogP contribution in [-0.2, 0) is 4.79 Å². The molecule has 1 heterocycles. The van der Waals surface area contributed by atoms with Crippen molar-refractivity contribution in [3.63, 3.8) is 0 Å². The molecule has 1 N–H and O–H groups in total. The van der Waals surface area contributed by atoms with Crippen molar-refractivity contribution in [2.45, 2.75) is 6.92 Å². The predicted octanol–water partition coefficient (Wildman–Crippen LogP) is 2.66. The van der Waals surface area contributed by atoms with Crippen LogP contribution in [0.2, 0.25) is 0 Å². The Bertz CT molecular complexity index is 920. The van der Waals surface area contributed by atoms with Gasteiger partial charge in [-0.1, -0.05) is 0 Å². The monoisotopic (exact) mass is 394 g/mol. The van der Waals surface area contributed by atoms with Gasteiger partial charge in [-0.3, -0.25) is 9.59 Å². The fourth-order valence-electron chi connectivity index (χ4n) is 2.75. The third-order valence-electron chi connectivity index (χ3n) is 4.12. The standard InChI is InChI=1S/C19H17F3N2O4/c1-11(25)24(12-2-5-15-16(10-12)28-9-8-27-15)7-6-23-19(26)13-3-4-14(20)18(22)17(13)21/h2-5,10H,6-9H2,1H3,(H,23,26). The van der Waals surface area contributed by atoms with Crippen LogP contribution >= 0.6 is 0 Å². The van der Waals surface area contributed by atoms with Crippen LogP contribution in [0, 0.1) is 17.5 Å². The highest BCUT2D eigenvalue weighted by Gasteiger charge is 2.20. The molecule has 0 aromatic heterocycles. The number of anilines is 1. The molecule has 0 unspecified atom stereocenters. The molecule has 2 aromatic rings. The SMILES string of the molecule is CC(=O)N(CCNC(=O)c1ccc(F)c(F)c1F)c1ccc2c(c1)OCCO2. The molecule has 9 heteroatoms. The Kier molecular flexibility index (Phi) is 5.72. The van der Waals surface area contributed by atoms with Gasteiger partial charge in [0.05, 0.1) is 5.56 Å². The maximum atomic E-state index is 13.7. The van der Waals surface area contributed by atoms with Gasteiger partial charge in [-0.05, 0) is 24.3 Å². The third kappa shape index (κ3) is 4.03. The van der Waals surface area contributed by atoms with E-state index in [-0.39, 0.29) is 19.0 Å². The Morgan fingerprint density at radius 2 is 1.75 bits per heavy atom. The van der Waals surface area contributed by atoms with Crippen molar-refractivity contribution in [1.82, 2.24) is 5.32 Å². The molecular weight excluding hydrogens is 377 g/mol. The topological polar surface area (TPSA) is 67.9 Å². The molecule has 2 amide bonds. The van der Waals surface area contributed by atoms with Crippen molar-refractivity contribution in [1.29, 1.82) is 0 Å². The highest BCUT2D eigenvalue weighted by molar-refractivity contribution is 5.95. The van der Waals surface area contributed by atoms with Gasteiger partial charge in [-0.2, -0.15) is 0 Å². The number of halogens is 3. The molecule has 28 heavy (non-hydrogen) atoms. The minimum atomic E-state index is -1.71. The smallest absolute Gasteiger partial charge is 0.254 e. The molecule has 1 aliphatic rings. The molecule has 0 bridgehead atoms. The number of hydrogen-bond acceptors (Lipinski definition) is 4. The molecule has 0 spiro atoms. The number of hydrogen-bond donors (Lipinski definition) is 1. The lowest BCUT2D eigenvalue weighted by atomic mass is 10.2. The summed E-state index contributed by atoms with van der Waals surface area (Å²) in [6.45, 7) is 2.23. The van der Waals surface area contributed by atoms with E-state index in [0.717, 1.165) is 6.07 Å². The van der Waals surface area contributed by atoms with E-state index in [1.807, 2.05) is 0 Å². The molecule has 2 aromatic carbocycles. The van der Waals surface area contributed by atoms with Gasteiger partial charge in [0.25, 0.3) is 5.91 Å². The van der Waals surface area contributed by atoms with E-state index in [0.29, 0.717) is 36.5 Å². The average Bonchev–Trinajstić information content (AvgIpc) is 2.68. The van der Waals surface area contributed by atoms with Crippen molar-refractivity contribution in [3.05, 3.63) is 53.3 Å². The van der Waals surface area contributed by atoms with Gasteiger partial charge in [-0.15, -0.1) is 0 Å². The maximum Gasteiger partial charge on any atom is 0.254 e. The largest absolute Gasteiger partial charge is 0.486 e. The zero-order chi connectivity index (χ0) is 20.3. The zero-order valence-electron chi connectivity index (χ0n) is 14.9. The van der Waals surface area contributed by atoms with E-state index in [2.05, 4.69) is 5.32 Å². The minimum Gasteiger partial charge on any atom is -0.486 e. The van der Waals surface area contributed by atoms with Gasteiger partial charge < -0.3 is 19.7 Å². The molecule has 6 nitrogen and oxygen atoms in total. The van der Waals surface area contributed by atoms with Crippen LogP contribution in [0.5, 0.6) is 11.5 Å². The summed E-state index contributed by atoms with van der Waals surface area (Å²) in [5, 5.41) is 2.39. The predicted molar refractivity (Wildman–Crippen MR) is 94.1 cm³/mol. The summed E-state index contributed by atoms with van der Waals surface area (Å²) in [7, 11) is 0. The number of carbonyl (C=O) groups is 2. The summed E-state index contributed by atoms with van der Waals surface area (Å²) in [5.74, 6) is -4.78. The Morgan fingerprint density at radius 3 is 2.46 bits per heavy atom. The van der Waals surface area contributed by atoms with Crippen LogP contribution in [0.15, 0.2) is 30.3 Å². The van der Waals surface area contributed by atoms with Crippen molar-refractivity contribution in [3.8, 4) is 11.5 Å². The normalized spacial score (nSPS) is 12.4. The zero-order valence-corrected chi connectivity index (χ0v) is 14.9. The fourth-order valence-corrected chi connectivity index (χ4v) is 2.75. The molecule has 0 saturated carbocycles. The number of carbonyl (C=O) groups excluding carboxylic acids is 2. The van der Waals surface area contributed by atoms with Crippen molar-refractivity contribution in [2.75, 3.05) is 31.2 Å². The van der Waals surface area contributed by atoms with Gasteiger partial charge >= 0.3 is 0 Å². The Morgan fingerprint density at radius 1 is 1.04 bits per heavy atom. The van der Waals surface area contributed by atoms with E-state index in [4.69, 9.17) is 9.47 Å². The van der Waals surface area contributed by atoms with Crippen LogP contribution in [0.3, 0.4) is 0 Å². The second kappa shape index (κ2) is 8.20. The minimum absolute atomic E-state index is 0.0364. The van der Waals surface area contributed by atoms with E-state index >= 15 is 0 Å². The van der Waals surface area contributed by atoms with Gasteiger partial charge in [0.2, 0.25) is 5.91 Å². The molecule has 0 atom stereocenters. The summed E-state index contributed by atoms with van der Waals surface area (Å²) in [6, 6.07) is 6.52. The van der Waals surface area contributed by atoms with Crippen LogP contribution in [0.1, 0.15) is 17.3 Å². The first-order chi connectivity index (χ1) is 13.4. The number of ether oxygens (including phenoxy) is 2. The van der Waals surface area contributed by atoms with E-state index in [9.17, 15) is 22.8 Å². The molecule has 1 aliphatic heterocycles. The first-order valence-corrected chi connectivity index (χ1v) is 8.48. The van der Waals surface area contributed by atoms with Gasteiger partial charge in [-0.25, -0.2) is 13.2 Å². The summed E-state index contributed by atoms with van der Waals surface area (Å²) in [4.78, 5) is 25.4.